The van der Waals surface area contributed by atoms with Gasteiger partial charge in [0.05, 0.1) is 22.1 Å². The van der Waals surface area contributed by atoms with E-state index in [1.807, 2.05) is 0 Å². The maximum atomic E-state index is 2.85. The molecule has 0 amide bonds. The van der Waals surface area contributed by atoms with E-state index in [1.54, 1.807) is 22.3 Å². The van der Waals surface area contributed by atoms with Gasteiger partial charge in [-0.25, -0.2) is 0 Å². The molecule has 15 aromatic rings. The Hall–Kier alpha value is -10.7. The molecule has 0 saturated heterocycles. The van der Waals surface area contributed by atoms with Gasteiger partial charge in [-0.15, -0.1) is 0 Å². The molecule has 2 heterocycles. The van der Waals surface area contributed by atoms with Crippen LogP contribution in [0, 0.1) is 13.8 Å². The van der Waals surface area contributed by atoms with Crippen molar-refractivity contribution in [2.45, 2.75) is 310 Å². The maximum absolute atomic E-state index is 2.85. The third kappa shape index (κ3) is 19.1. The molecule has 0 saturated carbocycles. The van der Waals surface area contributed by atoms with Crippen molar-refractivity contribution in [1.29, 1.82) is 0 Å². The SMILES string of the molecule is CCCCCCCCC1(CCCCCCCC)c2cc(-c3cc(CCCCCC)c(-n4c5ccc(-c6ccccc6)cc5c5c6c(ccc54)-c4ccc(C)cc4C6(CCCCCCCC)CCCCCCCC)cc3CCCCCC)ccc2-c2ccc3c(c21)c1cc(-c2ccccc2)ccc1n3-c1ccc(N(c2ccc(C)cc2)c2ccc(-c3ccccc3)cc2)cc1. The minimum atomic E-state index is -0.254. The molecule has 3 heteroatoms. The molecule has 0 unspecified atom stereocenters. The normalized spacial score (nSPS) is 13.0. The van der Waals surface area contributed by atoms with Gasteiger partial charge in [0, 0.05) is 60.8 Å². The highest BCUT2D eigenvalue weighted by molar-refractivity contribution is 6.17. The fourth-order valence-electron chi connectivity index (χ4n) is 23.2. The molecule has 0 spiro atoms. The number of nitrogens with zero attached hydrogens (tertiary/aromatic N) is 3. The van der Waals surface area contributed by atoms with Crippen molar-refractivity contribution in [1.82, 2.24) is 9.13 Å². The van der Waals surface area contributed by atoms with E-state index in [1.165, 1.54) is 349 Å². The van der Waals surface area contributed by atoms with Crippen LogP contribution in [-0.2, 0) is 23.7 Å². The summed E-state index contributed by atoms with van der Waals surface area (Å²) in [6, 6.07) is 108. The fourth-order valence-corrected chi connectivity index (χ4v) is 23.2. The molecular formula is C126H145N3. The number of benzene rings is 13. The lowest BCUT2D eigenvalue weighted by Crippen LogP contribution is -2.26. The molecule has 0 N–H and O–H groups in total. The van der Waals surface area contributed by atoms with Crippen LogP contribution in [0.3, 0.4) is 0 Å². The second-order valence-electron chi connectivity index (χ2n) is 39.0. The van der Waals surface area contributed by atoms with E-state index in [2.05, 4.69) is 342 Å². The Balaban J connectivity index is 0.872. The molecule has 0 aliphatic heterocycles. The summed E-state index contributed by atoms with van der Waals surface area (Å²) < 4.78 is 5.49. The number of hydrogen-bond donors (Lipinski definition) is 0. The lowest BCUT2D eigenvalue weighted by molar-refractivity contribution is 0.400. The van der Waals surface area contributed by atoms with Crippen molar-refractivity contribution in [2.75, 3.05) is 4.90 Å². The minimum absolute atomic E-state index is 0.110. The molecular weight excluding hydrogens is 1560 g/mol. The average Bonchev–Trinajstić information content (AvgIpc) is 1.53. The zero-order valence-electron chi connectivity index (χ0n) is 79.7. The van der Waals surface area contributed by atoms with Gasteiger partial charge in [-0.1, -0.05) is 415 Å². The molecule has 0 bridgehead atoms. The van der Waals surface area contributed by atoms with Crippen LogP contribution in [0.5, 0.6) is 0 Å². The van der Waals surface area contributed by atoms with E-state index in [9.17, 15) is 0 Å². The Bertz CT molecular complexity index is 6180. The molecule has 0 radical (unpaired) electrons. The summed E-state index contributed by atoms with van der Waals surface area (Å²) in [5, 5.41) is 5.69. The zero-order valence-corrected chi connectivity index (χ0v) is 79.7. The van der Waals surface area contributed by atoms with Crippen LogP contribution in [0.2, 0.25) is 0 Å². The van der Waals surface area contributed by atoms with Crippen molar-refractivity contribution in [2.24, 2.45) is 0 Å². The van der Waals surface area contributed by atoms with Gasteiger partial charge in [0.15, 0.2) is 0 Å². The first kappa shape index (κ1) is 90.2. The summed E-state index contributed by atoms with van der Waals surface area (Å²) in [4.78, 5) is 2.43. The van der Waals surface area contributed by atoms with Gasteiger partial charge in [0.25, 0.3) is 0 Å². The third-order valence-corrected chi connectivity index (χ3v) is 30.0. The summed E-state index contributed by atoms with van der Waals surface area (Å²) in [6.45, 7) is 18.8. The van der Waals surface area contributed by atoms with Gasteiger partial charge >= 0.3 is 0 Å². The van der Waals surface area contributed by atoms with E-state index in [4.69, 9.17) is 0 Å². The van der Waals surface area contributed by atoms with Gasteiger partial charge in [0.2, 0.25) is 0 Å². The van der Waals surface area contributed by atoms with Crippen LogP contribution in [0.15, 0.2) is 273 Å². The van der Waals surface area contributed by atoms with E-state index in [0.29, 0.717) is 0 Å². The lowest BCUT2D eigenvalue weighted by Gasteiger charge is -2.34. The number of aromatic nitrogens is 2. The molecule has 2 aliphatic rings. The van der Waals surface area contributed by atoms with Crippen LogP contribution in [-0.4, -0.2) is 9.13 Å². The smallest absolute Gasteiger partial charge is 0.0544 e. The summed E-state index contributed by atoms with van der Waals surface area (Å²) in [7, 11) is 0. The van der Waals surface area contributed by atoms with Gasteiger partial charge in [-0.05, 0) is 268 Å². The summed E-state index contributed by atoms with van der Waals surface area (Å²) in [5.41, 5.74) is 39.1. The topological polar surface area (TPSA) is 13.1 Å². The quantitative estimate of drug-likeness (QED) is 0.0347. The lowest BCUT2D eigenvalue weighted by atomic mass is 9.69. The number of anilines is 3. The molecule has 129 heavy (non-hydrogen) atoms. The van der Waals surface area contributed by atoms with Crippen LogP contribution in [0.1, 0.15) is 317 Å². The second kappa shape index (κ2) is 42.9. The van der Waals surface area contributed by atoms with Gasteiger partial charge in [-0.3, -0.25) is 0 Å². The first-order valence-corrected chi connectivity index (χ1v) is 51.5. The third-order valence-electron chi connectivity index (χ3n) is 30.0. The van der Waals surface area contributed by atoms with E-state index in [-0.39, 0.29) is 10.8 Å². The molecule has 664 valence electrons. The molecule has 3 nitrogen and oxygen atoms in total. The predicted molar refractivity (Wildman–Crippen MR) is 561 cm³/mol. The largest absolute Gasteiger partial charge is 0.311 e. The Labute approximate surface area is 775 Å². The van der Waals surface area contributed by atoms with Crippen LogP contribution < -0.4 is 4.90 Å². The van der Waals surface area contributed by atoms with Crippen molar-refractivity contribution in [3.8, 4) is 78.1 Å². The van der Waals surface area contributed by atoms with Crippen LogP contribution in [0.25, 0.3) is 122 Å². The molecule has 17 rings (SSSR count). The predicted octanol–water partition coefficient (Wildman–Crippen LogP) is 38.4. The summed E-state index contributed by atoms with van der Waals surface area (Å²) in [6.07, 6.45) is 47.1. The minimum Gasteiger partial charge on any atom is -0.311 e. The fraction of sp³-hybridized carbons (Fsp3) is 0.381. The van der Waals surface area contributed by atoms with E-state index in [0.717, 1.165) is 55.6 Å². The van der Waals surface area contributed by atoms with Crippen molar-refractivity contribution in [3.05, 3.63) is 317 Å². The first-order valence-electron chi connectivity index (χ1n) is 51.5. The molecule has 2 aromatic heterocycles. The number of rotatable bonds is 47. The van der Waals surface area contributed by atoms with E-state index < -0.39 is 0 Å². The van der Waals surface area contributed by atoms with Gasteiger partial charge in [-0.2, -0.15) is 0 Å². The van der Waals surface area contributed by atoms with Crippen LogP contribution in [0.4, 0.5) is 17.1 Å². The molecule has 0 atom stereocenters. The van der Waals surface area contributed by atoms with Crippen molar-refractivity contribution < 1.29 is 0 Å². The number of fused-ring (bicyclic) bond motifs is 14. The van der Waals surface area contributed by atoms with Gasteiger partial charge < -0.3 is 14.0 Å². The zero-order chi connectivity index (χ0) is 88.5. The van der Waals surface area contributed by atoms with Crippen molar-refractivity contribution in [3.63, 3.8) is 0 Å². The number of aryl methyl sites for hydroxylation is 4. The van der Waals surface area contributed by atoms with Crippen molar-refractivity contribution >= 4 is 60.7 Å². The summed E-state index contributed by atoms with van der Waals surface area (Å²) in [5.74, 6) is 0. The first-order chi connectivity index (χ1) is 63.6. The molecule has 2 aliphatic carbocycles. The van der Waals surface area contributed by atoms with Gasteiger partial charge in [0.1, 0.15) is 0 Å². The Morgan fingerprint density at radius 3 is 1.05 bits per heavy atom. The summed E-state index contributed by atoms with van der Waals surface area (Å²) >= 11 is 0. The highest BCUT2D eigenvalue weighted by Crippen LogP contribution is 2.62. The second-order valence-corrected chi connectivity index (χ2v) is 39.0. The standard InChI is InChI=1S/C126H145N3/c1-9-15-21-27-31-46-82-125(83-47-32-28-22-16-10-2)114-86-93(8)60-74-107(114)109-77-81-119-122(124(109)125)113-88-99(96-54-44-37-45-55-96)65-79-117(113)129(119)120-91-100(56-38-25-19-13-5)111(89-102(120)57-39-26-20-14-6)101-63-75-108-110-76-80-118-121(123(110)126(115(108)90-101,84-48-33-29-23-17-11-3)85-49-34-30-24-18-12-4)112-87-98(95-52-42-36-43-53-95)64-78-116(112)128(118)106-72-70-105(71-73-106)127(103-66-58-92(7)59-67-103)104-68-61-97(62-69-104)94-50-40-35-41-51-94/h35-37,40-45,50-55,58-81,86-91H,9-34,38-39,46-49,56-57,82-85H2,1-8H3. The molecule has 13 aromatic carbocycles. The van der Waals surface area contributed by atoms with E-state index >= 15 is 0 Å². The average molecular weight is 1700 g/mol. The highest BCUT2D eigenvalue weighted by Gasteiger charge is 2.47. The Kier molecular flexibility index (Phi) is 30.0. The Morgan fingerprint density at radius 1 is 0.240 bits per heavy atom. The van der Waals surface area contributed by atoms with Crippen LogP contribution >= 0.6 is 0 Å². The highest BCUT2D eigenvalue weighted by atomic mass is 15.1. The monoisotopic (exact) mass is 1700 g/mol. The maximum Gasteiger partial charge on any atom is 0.0544 e. The number of hydrogen-bond acceptors (Lipinski definition) is 1. The molecule has 0 fully saturated rings. The number of unbranched alkanes of at least 4 members (excludes halogenated alkanes) is 26. The Morgan fingerprint density at radius 2 is 0.581 bits per heavy atom.